The Bertz CT molecular complexity index is 1200. The zero-order chi connectivity index (χ0) is 21.0. The molecule has 0 aliphatic heterocycles. The number of nitrogens with one attached hydrogen (secondary N) is 1. The van der Waals surface area contributed by atoms with Crippen molar-refractivity contribution in [3.05, 3.63) is 70.0 Å². The third-order valence-corrected chi connectivity index (χ3v) is 6.84. The van der Waals surface area contributed by atoms with Crippen LogP contribution in [0.1, 0.15) is 4.88 Å². The number of nitrogens with zero attached hydrogens (tertiary/aromatic N) is 3. The fraction of sp³-hybridized carbons (Fsp3) is 0.222. The first-order valence-electron chi connectivity index (χ1n) is 8.61. The summed E-state index contributed by atoms with van der Waals surface area (Å²) >= 11 is 1.38. The average molecular weight is 474 g/mol. The van der Waals surface area contributed by atoms with E-state index in [0.717, 1.165) is 14.4 Å². The number of rotatable bonds is 8. The minimum atomic E-state index is -3.60. The highest BCUT2D eigenvalue weighted by Crippen LogP contribution is 2.33. The number of hydrogen-bond donors (Lipinski definition) is 2. The average Bonchev–Trinajstić information content (AvgIpc) is 3.34. The Kier molecular flexibility index (Phi) is 8.10. The maximum absolute atomic E-state index is 12.7. The third kappa shape index (κ3) is 5.05. The predicted octanol–water partition coefficient (Wildman–Crippen LogP) is 1.96. The van der Waals surface area contributed by atoms with E-state index in [9.17, 15) is 17.6 Å². The number of benzene rings is 1. The zero-order valence-electron chi connectivity index (χ0n) is 16.0. The lowest BCUT2D eigenvalue weighted by Gasteiger charge is -2.07. The molecule has 0 unspecified atom stereocenters. The molecule has 3 aromatic rings. The van der Waals surface area contributed by atoms with Crippen LogP contribution < -0.4 is 16.1 Å². The molecule has 8 nitrogen and oxygen atoms in total. The molecule has 2 heterocycles. The van der Waals surface area contributed by atoms with Crippen molar-refractivity contribution in [2.45, 2.75) is 18.0 Å². The van der Waals surface area contributed by atoms with E-state index in [1.807, 2.05) is 12.1 Å². The first-order chi connectivity index (χ1) is 13.9. The van der Waals surface area contributed by atoms with Crippen molar-refractivity contribution in [3.63, 3.8) is 0 Å². The van der Waals surface area contributed by atoms with Gasteiger partial charge in [-0.1, -0.05) is 18.2 Å². The van der Waals surface area contributed by atoms with Crippen LogP contribution in [0.4, 0.5) is 4.39 Å². The highest BCUT2D eigenvalue weighted by atomic mass is 35.5. The quantitative estimate of drug-likeness (QED) is 0.519. The Morgan fingerprint density at radius 2 is 2.03 bits per heavy atom. The van der Waals surface area contributed by atoms with E-state index in [4.69, 9.17) is 5.73 Å². The van der Waals surface area contributed by atoms with Crippen LogP contribution in [0.2, 0.25) is 0 Å². The molecular formula is C18H21ClFN5O3S2. The standard InChI is InChI=1S/C18H20FN5O3S2.ClH/c1-21-29(26,27)17-5-3-2-4-15(17)16-7-6-14(28-16)11-23-12-22-24(18(23)25)10-13(8-19)9-20;/h2-8,12,21H,9-11,20H2,1H3;1H/b13-8+;. The van der Waals surface area contributed by atoms with Gasteiger partial charge in [-0.2, -0.15) is 5.10 Å². The predicted molar refractivity (Wildman–Crippen MR) is 117 cm³/mol. The fourth-order valence-electron chi connectivity index (χ4n) is 2.71. The van der Waals surface area contributed by atoms with Crippen LogP contribution in [-0.4, -0.2) is 36.4 Å². The van der Waals surface area contributed by atoms with Crippen LogP contribution in [-0.2, 0) is 23.1 Å². The second kappa shape index (κ2) is 10.1. The Hall–Kier alpha value is -2.31. The summed E-state index contributed by atoms with van der Waals surface area (Å²) in [5.41, 5.74) is 5.88. The third-order valence-electron chi connectivity index (χ3n) is 4.26. The summed E-state index contributed by atoms with van der Waals surface area (Å²) in [4.78, 5) is 14.2. The summed E-state index contributed by atoms with van der Waals surface area (Å²) in [6, 6.07) is 10.4. The van der Waals surface area contributed by atoms with Gasteiger partial charge in [-0.3, -0.25) is 4.57 Å². The van der Waals surface area contributed by atoms with Gasteiger partial charge in [0.2, 0.25) is 10.0 Å². The Labute approximate surface area is 183 Å². The van der Waals surface area contributed by atoms with Gasteiger partial charge < -0.3 is 5.73 Å². The van der Waals surface area contributed by atoms with Gasteiger partial charge in [-0.25, -0.2) is 27.0 Å². The van der Waals surface area contributed by atoms with Crippen molar-refractivity contribution in [2.24, 2.45) is 5.73 Å². The minimum Gasteiger partial charge on any atom is -0.327 e. The summed E-state index contributed by atoms with van der Waals surface area (Å²) in [5, 5.41) is 3.99. The van der Waals surface area contributed by atoms with Crippen LogP contribution in [0.15, 0.2) is 64.3 Å². The van der Waals surface area contributed by atoms with Crippen LogP contribution in [0, 0.1) is 0 Å². The van der Waals surface area contributed by atoms with E-state index in [-0.39, 0.29) is 48.2 Å². The Morgan fingerprint density at radius 1 is 1.30 bits per heavy atom. The van der Waals surface area contributed by atoms with Crippen LogP contribution in [0.3, 0.4) is 0 Å². The molecule has 162 valence electrons. The van der Waals surface area contributed by atoms with Crippen molar-refractivity contribution in [1.82, 2.24) is 19.1 Å². The molecule has 0 aliphatic rings. The number of aromatic nitrogens is 3. The zero-order valence-corrected chi connectivity index (χ0v) is 18.4. The molecule has 0 atom stereocenters. The molecule has 0 radical (unpaired) electrons. The number of nitrogens with two attached hydrogens (primary N) is 1. The molecule has 3 rings (SSSR count). The lowest BCUT2D eigenvalue weighted by Crippen LogP contribution is -2.26. The molecule has 2 aromatic heterocycles. The maximum atomic E-state index is 12.7. The smallest absolute Gasteiger partial charge is 0.327 e. The Morgan fingerprint density at radius 3 is 2.70 bits per heavy atom. The second-order valence-electron chi connectivity index (χ2n) is 6.14. The largest absolute Gasteiger partial charge is 0.346 e. The second-order valence-corrected chi connectivity index (χ2v) is 9.16. The summed E-state index contributed by atoms with van der Waals surface area (Å²) in [6.07, 6.45) is 1.77. The molecule has 0 saturated carbocycles. The van der Waals surface area contributed by atoms with Gasteiger partial charge >= 0.3 is 5.69 Å². The summed E-state index contributed by atoms with van der Waals surface area (Å²) in [7, 11) is -2.24. The normalized spacial score (nSPS) is 12.0. The lowest BCUT2D eigenvalue weighted by molar-refractivity contribution is 0.588. The summed E-state index contributed by atoms with van der Waals surface area (Å²) < 4.78 is 42.1. The van der Waals surface area contributed by atoms with Gasteiger partial charge in [0.05, 0.1) is 24.3 Å². The number of hydrogen-bond acceptors (Lipinski definition) is 6. The van der Waals surface area contributed by atoms with Crippen molar-refractivity contribution >= 4 is 33.8 Å². The maximum Gasteiger partial charge on any atom is 0.346 e. The minimum absolute atomic E-state index is 0. The molecule has 3 N–H and O–H groups in total. The molecule has 0 saturated heterocycles. The van der Waals surface area contributed by atoms with E-state index in [1.54, 1.807) is 24.3 Å². The van der Waals surface area contributed by atoms with Crippen molar-refractivity contribution in [2.75, 3.05) is 13.6 Å². The van der Waals surface area contributed by atoms with E-state index < -0.39 is 10.0 Å². The topological polar surface area (TPSA) is 112 Å². The lowest BCUT2D eigenvalue weighted by atomic mass is 10.2. The highest BCUT2D eigenvalue weighted by Gasteiger charge is 2.18. The van der Waals surface area contributed by atoms with E-state index in [1.165, 1.54) is 29.3 Å². The monoisotopic (exact) mass is 473 g/mol. The number of thiophene rings is 1. The van der Waals surface area contributed by atoms with Crippen molar-refractivity contribution in [1.29, 1.82) is 0 Å². The van der Waals surface area contributed by atoms with Gasteiger partial charge in [0.15, 0.2) is 0 Å². The van der Waals surface area contributed by atoms with Crippen molar-refractivity contribution in [3.8, 4) is 10.4 Å². The van der Waals surface area contributed by atoms with Crippen LogP contribution >= 0.6 is 23.7 Å². The van der Waals surface area contributed by atoms with E-state index in [0.29, 0.717) is 11.9 Å². The van der Waals surface area contributed by atoms with Gasteiger partial charge in [-0.15, -0.1) is 23.7 Å². The molecule has 0 bridgehead atoms. The van der Waals surface area contributed by atoms with Gasteiger partial charge in [0.25, 0.3) is 0 Å². The van der Waals surface area contributed by atoms with E-state index in [2.05, 4.69) is 9.82 Å². The SMILES string of the molecule is CNS(=O)(=O)c1ccccc1-c1ccc(Cn2cnn(C/C(=C/F)CN)c2=O)s1.Cl. The number of sulfonamides is 1. The number of halogens is 2. The first kappa shape index (κ1) is 24.0. The molecule has 1 aromatic carbocycles. The molecule has 0 aliphatic carbocycles. The molecule has 0 amide bonds. The fourth-order valence-corrected chi connectivity index (χ4v) is 4.77. The van der Waals surface area contributed by atoms with Crippen molar-refractivity contribution < 1.29 is 12.8 Å². The molecule has 0 spiro atoms. The highest BCUT2D eigenvalue weighted by molar-refractivity contribution is 7.89. The molecule has 30 heavy (non-hydrogen) atoms. The molecule has 12 heteroatoms. The van der Waals surface area contributed by atoms with Gasteiger partial charge in [-0.05, 0) is 30.8 Å². The Balaban J connectivity index is 0.00000320. The van der Waals surface area contributed by atoms with Crippen LogP contribution in [0.25, 0.3) is 10.4 Å². The summed E-state index contributed by atoms with van der Waals surface area (Å²) in [6.45, 7) is 0.255. The van der Waals surface area contributed by atoms with Gasteiger partial charge in [0.1, 0.15) is 6.33 Å². The molecular weight excluding hydrogens is 453 g/mol. The summed E-state index contributed by atoms with van der Waals surface area (Å²) in [5.74, 6) is 0. The first-order valence-corrected chi connectivity index (χ1v) is 10.9. The van der Waals surface area contributed by atoms with Gasteiger partial charge in [0, 0.05) is 21.9 Å². The molecule has 0 fully saturated rings. The van der Waals surface area contributed by atoms with Crippen LogP contribution in [0.5, 0.6) is 0 Å². The van der Waals surface area contributed by atoms with E-state index >= 15 is 0 Å².